The van der Waals surface area contributed by atoms with Gasteiger partial charge in [-0.25, -0.2) is 8.42 Å². The largest absolute Gasteiger partial charge is 0.480 e. The van der Waals surface area contributed by atoms with Crippen molar-refractivity contribution in [1.82, 2.24) is 0 Å². The summed E-state index contributed by atoms with van der Waals surface area (Å²) in [6.07, 6.45) is 3.32. The molecule has 0 heterocycles. The van der Waals surface area contributed by atoms with Gasteiger partial charge in [-0.15, -0.1) is 0 Å². The molecule has 0 spiro atoms. The van der Waals surface area contributed by atoms with Crippen LogP contribution in [0.25, 0.3) is 0 Å². The zero-order valence-electron chi connectivity index (χ0n) is 13.1. The second kappa shape index (κ2) is 8.90. The van der Waals surface area contributed by atoms with Gasteiger partial charge in [0.2, 0.25) is 0 Å². The molecule has 22 heavy (non-hydrogen) atoms. The predicted molar refractivity (Wildman–Crippen MR) is 84.7 cm³/mol. The van der Waals surface area contributed by atoms with Crippen molar-refractivity contribution in [3.05, 3.63) is 29.8 Å². The highest BCUT2D eigenvalue weighted by Crippen LogP contribution is 2.21. The Morgan fingerprint density at radius 1 is 1.14 bits per heavy atom. The van der Waals surface area contributed by atoms with Gasteiger partial charge in [0.15, 0.2) is 15.1 Å². The molecule has 0 bridgehead atoms. The van der Waals surface area contributed by atoms with Crippen LogP contribution in [0.4, 0.5) is 0 Å². The number of carboxylic acids is 1. The summed E-state index contributed by atoms with van der Waals surface area (Å²) in [5, 5.41) is 7.89. The SMILES string of the molecule is COCCCCCCC(C(=O)O)S(=O)(=O)c1ccc(C)cc1. The Morgan fingerprint density at radius 2 is 1.73 bits per heavy atom. The standard InChI is InChI=1S/C16H24O5S/c1-13-8-10-14(11-9-13)22(19,20)15(16(17)18)7-5-3-4-6-12-21-2/h8-11,15H,3-7,12H2,1-2H3,(H,17,18). The summed E-state index contributed by atoms with van der Waals surface area (Å²) in [7, 11) is -2.21. The van der Waals surface area contributed by atoms with Gasteiger partial charge in [-0.05, 0) is 31.9 Å². The van der Waals surface area contributed by atoms with E-state index in [0.717, 1.165) is 24.8 Å². The van der Waals surface area contributed by atoms with Crippen LogP contribution in [0, 0.1) is 6.92 Å². The number of methoxy groups -OCH3 is 1. The highest BCUT2D eigenvalue weighted by atomic mass is 32.2. The number of rotatable bonds is 10. The summed E-state index contributed by atoms with van der Waals surface area (Å²) in [6, 6.07) is 6.30. The zero-order chi connectivity index (χ0) is 16.6. The predicted octanol–water partition coefficient (Wildman–Crippen LogP) is 2.82. The Hall–Kier alpha value is -1.40. The number of aryl methyl sites for hydroxylation is 1. The van der Waals surface area contributed by atoms with Crippen molar-refractivity contribution in [2.24, 2.45) is 0 Å². The van der Waals surface area contributed by atoms with Crippen molar-refractivity contribution in [2.45, 2.75) is 49.2 Å². The Bertz CT molecular complexity index is 563. The summed E-state index contributed by atoms with van der Waals surface area (Å²) in [5.41, 5.74) is 0.934. The van der Waals surface area contributed by atoms with Crippen LogP contribution in [0.3, 0.4) is 0 Å². The van der Waals surface area contributed by atoms with Crippen molar-refractivity contribution in [1.29, 1.82) is 0 Å². The lowest BCUT2D eigenvalue weighted by Crippen LogP contribution is -2.30. The smallest absolute Gasteiger partial charge is 0.322 e. The number of aliphatic carboxylic acids is 1. The maximum Gasteiger partial charge on any atom is 0.322 e. The Morgan fingerprint density at radius 3 is 2.27 bits per heavy atom. The van der Waals surface area contributed by atoms with Crippen LogP contribution in [-0.4, -0.2) is 38.5 Å². The van der Waals surface area contributed by atoms with Gasteiger partial charge in [0, 0.05) is 13.7 Å². The summed E-state index contributed by atoms with van der Waals surface area (Å²) in [6.45, 7) is 2.52. The lowest BCUT2D eigenvalue weighted by atomic mass is 10.1. The number of sulfone groups is 1. The Kier molecular flexibility index (Phi) is 7.55. The summed E-state index contributed by atoms with van der Waals surface area (Å²) in [5.74, 6) is -1.28. The van der Waals surface area contributed by atoms with E-state index in [-0.39, 0.29) is 11.3 Å². The first kappa shape index (κ1) is 18.6. The first-order valence-corrected chi connectivity index (χ1v) is 8.96. The van der Waals surface area contributed by atoms with E-state index < -0.39 is 21.1 Å². The topological polar surface area (TPSA) is 80.7 Å². The number of benzene rings is 1. The molecule has 0 fully saturated rings. The molecule has 0 radical (unpaired) electrons. The first-order valence-electron chi connectivity index (χ1n) is 7.42. The molecule has 1 unspecified atom stereocenters. The third-order valence-electron chi connectivity index (χ3n) is 3.56. The molecule has 0 aliphatic carbocycles. The Labute approximate surface area is 132 Å². The molecule has 0 aliphatic rings. The quantitative estimate of drug-likeness (QED) is 0.668. The Balaban J connectivity index is 2.69. The molecule has 0 saturated heterocycles. The van der Waals surface area contributed by atoms with Crippen LogP contribution in [0.5, 0.6) is 0 Å². The molecule has 1 rings (SSSR count). The van der Waals surface area contributed by atoms with Gasteiger partial charge in [-0.2, -0.15) is 0 Å². The molecule has 0 saturated carbocycles. The van der Waals surface area contributed by atoms with E-state index in [1.807, 2.05) is 6.92 Å². The minimum atomic E-state index is -3.84. The lowest BCUT2D eigenvalue weighted by Gasteiger charge is -2.14. The number of ether oxygens (including phenoxy) is 1. The van der Waals surface area contributed by atoms with Crippen molar-refractivity contribution in [3.63, 3.8) is 0 Å². The van der Waals surface area contributed by atoms with Crippen LogP contribution >= 0.6 is 0 Å². The molecule has 0 aliphatic heterocycles. The molecule has 1 aromatic carbocycles. The molecule has 1 aromatic rings. The normalized spacial score (nSPS) is 13.0. The molecule has 1 N–H and O–H groups in total. The molecular formula is C16H24O5S. The van der Waals surface area contributed by atoms with Gasteiger partial charge in [-0.1, -0.05) is 37.0 Å². The van der Waals surface area contributed by atoms with Gasteiger partial charge in [-0.3, -0.25) is 4.79 Å². The third-order valence-corrected chi connectivity index (χ3v) is 5.68. The summed E-state index contributed by atoms with van der Waals surface area (Å²) >= 11 is 0. The van der Waals surface area contributed by atoms with E-state index in [9.17, 15) is 18.3 Å². The molecular weight excluding hydrogens is 304 g/mol. The van der Waals surface area contributed by atoms with E-state index in [2.05, 4.69) is 0 Å². The van der Waals surface area contributed by atoms with Gasteiger partial charge in [0.25, 0.3) is 0 Å². The van der Waals surface area contributed by atoms with Crippen molar-refractivity contribution >= 4 is 15.8 Å². The minimum Gasteiger partial charge on any atom is -0.480 e. The van der Waals surface area contributed by atoms with Crippen LogP contribution in [0.15, 0.2) is 29.2 Å². The molecule has 124 valence electrons. The van der Waals surface area contributed by atoms with Crippen LogP contribution in [0.1, 0.15) is 37.7 Å². The molecule has 0 amide bonds. The second-order valence-electron chi connectivity index (χ2n) is 5.38. The molecule has 0 aromatic heterocycles. The fraction of sp³-hybridized carbons (Fsp3) is 0.562. The highest BCUT2D eigenvalue weighted by molar-refractivity contribution is 7.92. The average Bonchev–Trinajstić information content (AvgIpc) is 2.46. The zero-order valence-corrected chi connectivity index (χ0v) is 13.9. The maximum atomic E-state index is 12.5. The fourth-order valence-electron chi connectivity index (χ4n) is 2.23. The fourth-order valence-corrected chi connectivity index (χ4v) is 3.82. The molecule has 5 nitrogen and oxygen atoms in total. The number of hydrogen-bond acceptors (Lipinski definition) is 4. The molecule has 6 heteroatoms. The van der Waals surface area contributed by atoms with E-state index in [4.69, 9.17) is 4.74 Å². The monoisotopic (exact) mass is 328 g/mol. The van der Waals surface area contributed by atoms with Crippen molar-refractivity contribution in [2.75, 3.05) is 13.7 Å². The second-order valence-corrected chi connectivity index (χ2v) is 7.51. The van der Waals surface area contributed by atoms with Crippen LogP contribution in [-0.2, 0) is 19.4 Å². The highest BCUT2D eigenvalue weighted by Gasteiger charge is 2.33. The van der Waals surface area contributed by atoms with E-state index in [0.29, 0.717) is 13.0 Å². The average molecular weight is 328 g/mol. The number of hydrogen-bond donors (Lipinski definition) is 1. The summed E-state index contributed by atoms with van der Waals surface area (Å²) in [4.78, 5) is 11.4. The third kappa shape index (κ3) is 5.42. The van der Waals surface area contributed by atoms with E-state index in [1.54, 1.807) is 19.2 Å². The van der Waals surface area contributed by atoms with Gasteiger partial charge in [0.1, 0.15) is 0 Å². The van der Waals surface area contributed by atoms with Gasteiger partial charge >= 0.3 is 5.97 Å². The number of carboxylic acid groups (broad SMARTS) is 1. The first-order chi connectivity index (χ1) is 10.4. The van der Waals surface area contributed by atoms with Crippen molar-refractivity contribution in [3.8, 4) is 0 Å². The van der Waals surface area contributed by atoms with E-state index >= 15 is 0 Å². The van der Waals surface area contributed by atoms with Crippen molar-refractivity contribution < 1.29 is 23.1 Å². The lowest BCUT2D eigenvalue weighted by molar-refractivity contribution is -0.136. The van der Waals surface area contributed by atoms with Crippen LogP contribution < -0.4 is 0 Å². The van der Waals surface area contributed by atoms with Gasteiger partial charge < -0.3 is 9.84 Å². The molecule has 1 atom stereocenters. The van der Waals surface area contributed by atoms with Crippen LogP contribution in [0.2, 0.25) is 0 Å². The minimum absolute atomic E-state index is 0.0740. The summed E-state index contributed by atoms with van der Waals surface area (Å²) < 4.78 is 29.8. The maximum absolute atomic E-state index is 12.5. The van der Waals surface area contributed by atoms with Gasteiger partial charge in [0.05, 0.1) is 4.90 Å². The number of carbonyl (C=O) groups is 1. The number of unbranched alkanes of at least 4 members (excludes halogenated alkanes) is 3. The van der Waals surface area contributed by atoms with E-state index in [1.165, 1.54) is 12.1 Å².